The first-order valence-corrected chi connectivity index (χ1v) is 9.85. The van der Waals surface area contributed by atoms with Gasteiger partial charge in [0.2, 0.25) is 0 Å². The summed E-state index contributed by atoms with van der Waals surface area (Å²) >= 11 is 0. The zero-order chi connectivity index (χ0) is 19.1. The minimum atomic E-state index is -0.666. The predicted molar refractivity (Wildman–Crippen MR) is 108 cm³/mol. The van der Waals surface area contributed by atoms with Crippen molar-refractivity contribution < 1.29 is 4.79 Å². The van der Waals surface area contributed by atoms with Gasteiger partial charge in [0.25, 0.3) is 5.91 Å². The van der Waals surface area contributed by atoms with E-state index >= 15 is 0 Å². The molecule has 1 saturated heterocycles. The summed E-state index contributed by atoms with van der Waals surface area (Å²) in [5.74, 6) is 1.55. The fourth-order valence-corrected chi connectivity index (χ4v) is 4.31. The highest BCUT2D eigenvalue weighted by atomic mass is 16.2. The van der Waals surface area contributed by atoms with Crippen LogP contribution >= 0.6 is 0 Å². The number of hydrogen-bond donors (Lipinski definition) is 1. The Morgan fingerprint density at radius 1 is 1.46 bits per heavy atom. The summed E-state index contributed by atoms with van der Waals surface area (Å²) in [6, 6.07) is 0.128. The van der Waals surface area contributed by atoms with Crippen LogP contribution in [0.15, 0.2) is 33.9 Å². The van der Waals surface area contributed by atoms with E-state index in [0.29, 0.717) is 5.92 Å². The van der Waals surface area contributed by atoms with E-state index in [1.54, 1.807) is 0 Å². The highest BCUT2D eigenvalue weighted by Gasteiger charge is 2.41. The second-order valence-electron chi connectivity index (χ2n) is 8.46. The summed E-state index contributed by atoms with van der Waals surface area (Å²) in [6.07, 6.45) is 5.35. The van der Waals surface area contributed by atoms with Crippen LogP contribution in [-0.4, -0.2) is 47.0 Å². The maximum atomic E-state index is 12.2. The van der Waals surface area contributed by atoms with Gasteiger partial charge in [0.05, 0.1) is 12.6 Å². The molecule has 0 bridgehead atoms. The van der Waals surface area contributed by atoms with E-state index < -0.39 is 5.54 Å². The van der Waals surface area contributed by atoms with E-state index in [2.05, 4.69) is 53.6 Å². The maximum absolute atomic E-state index is 12.2. The number of allylic oxidation sites excluding steroid dienone is 2. The smallest absolute Gasteiger partial charge is 0.252 e. The lowest BCUT2D eigenvalue weighted by atomic mass is 9.84. The van der Waals surface area contributed by atoms with Gasteiger partial charge in [-0.25, -0.2) is 0 Å². The number of carbonyl (C=O) groups excluding carboxylic acids is 1. The molecule has 0 aromatic heterocycles. The third-order valence-corrected chi connectivity index (χ3v) is 5.74. The molecule has 1 N–H and O–H groups in total. The van der Waals surface area contributed by atoms with E-state index in [0.717, 1.165) is 43.9 Å². The number of carbonyl (C=O) groups is 1. The summed E-state index contributed by atoms with van der Waals surface area (Å²) in [6.45, 7) is 16.6. The normalized spacial score (nSPS) is 25.9. The van der Waals surface area contributed by atoms with Crippen LogP contribution in [0.2, 0.25) is 0 Å². The molecule has 1 fully saturated rings. The molecule has 0 aliphatic carbocycles. The summed E-state index contributed by atoms with van der Waals surface area (Å²) in [5.41, 5.74) is 3.03. The number of rotatable bonds is 6. The van der Waals surface area contributed by atoms with E-state index in [-0.39, 0.29) is 17.9 Å². The number of amidine groups is 1. The monoisotopic (exact) mass is 356 g/mol. The Morgan fingerprint density at radius 3 is 2.73 bits per heavy atom. The zero-order valence-corrected chi connectivity index (χ0v) is 16.8. The van der Waals surface area contributed by atoms with Crippen LogP contribution in [0, 0.1) is 11.8 Å². The molecule has 0 saturated carbocycles. The molecule has 2 unspecified atom stereocenters. The van der Waals surface area contributed by atoms with Crippen molar-refractivity contribution in [3.05, 3.63) is 23.9 Å². The molecule has 3 rings (SSSR count). The van der Waals surface area contributed by atoms with Crippen molar-refractivity contribution in [3.63, 3.8) is 0 Å². The van der Waals surface area contributed by atoms with Crippen LogP contribution in [0.25, 0.3) is 0 Å². The number of nitrogens with zero attached hydrogens (tertiary/aromatic N) is 3. The van der Waals surface area contributed by atoms with E-state index in [1.165, 1.54) is 11.3 Å². The number of nitrogens with one attached hydrogen (secondary N) is 1. The molecule has 0 aromatic rings. The lowest BCUT2D eigenvalue weighted by Gasteiger charge is -2.35. The Labute approximate surface area is 157 Å². The fourth-order valence-electron chi connectivity index (χ4n) is 4.31. The Hall–Kier alpha value is -1.91. The average molecular weight is 357 g/mol. The van der Waals surface area contributed by atoms with Crippen molar-refractivity contribution in [3.8, 4) is 0 Å². The van der Waals surface area contributed by atoms with Gasteiger partial charge in [-0.05, 0) is 50.7 Å². The lowest BCUT2D eigenvalue weighted by molar-refractivity contribution is -0.122. The Kier molecular flexibility index (Phi) is 5.09. The van der Waals surface area contributed by atoms with Crippen LogP contribution in [0.4, 0.5) is 0 Å². The topological polar surface area (TPSA) is 57.1 Å². The molecule has 142 valence electrons. The third kappa shape index (κ3) is 3.36. The number of amides is 1. The number of hydrogen-bond acceptors (Lipinski definition) is 4. The van der Waals surface area contributed by atoms with Crippen LogP contribution in [0.3, 0.4) is 0 Å². The van der Waals surface area contributed by atoms with Crippen molar-refractivity contribution >= 4 is 17.5 Å². The minimum Gasteiger partial charge on any atom is -0.365 e. The fraction of sp³-hybridized carbons (Fsp3) is 0.667. The SMILES string of the molecule is C=C(C(C1=CC(CC)=NC1)C(C)C)N1CCCC1C1=NC(C)(C)C(=O)N1. The lowest BCUT2D eigenvalue weighted by Crippen LogP contribution is -2.44. The third-order valence-electron chi connectivity index (χ3n) is 5.74. The average Bonchev–Trinajstić information content (AvgIpc) is 3.27. The Morgan fingerprint density at radius 2 is 2.19 bits per heavy atom. The summed E-state index contributed by atoms with van der Waals surface area (Å²) < 4.78 is 0. The molecule has 26 heavy (non-hydrogen) atoms. The maximum Gasteiger partial charge on any atom is 0.252 e. The van der Waals surface area contributed by atoms with Gasteiger partial charge in [0, 0.05) is 23.9 Å². The van der Waals surface area contributed by atoms with Crippen molar-refractivity contribution in [1.82, 2.24) is 10.2 Å². The minimum absolute atomic E-state index is 0.00939. The second kappa shape index (κ2) is 7.01. The molecule has 1 amide bonds. The van der Waals surface area contributed by atoms with Crippen molar-refractivity contribution in [2.24, 2.45) is 21.8 Å². The van der Waals surface area contributed by atoms with Crippen molar-refractivity contribution in [2.45, 2.75) is 65.5 Å². The zero-order valence-electron chi connectivity index (χ0n) is 16.8. The Balaban J connectivity index is 1.82. The van der Waals surface area contributed by atoms with Crippen LogP contribution in [-0.2, 0) is 4.79 Å². The summed E-state index contributed by atoms with van der Waals surface area (Å²) in [7, 11) is 0. The van der Waals surface area contributed by atoms with Crippen molar-refractivity contribution in [1.29, 1.82) is 0 Å². The van der Waals surface area contributed by atoms with Crippen LogP contribution in [0.1, 0.15) is 53.9 Å². The van der Waals surface area contributed by atoms with Gasteiger partial charge in [-0.3, -0.25) is 14.8 Å². The summed E-state index contributed by atoms with van der Waals surface area (Å²) in [5, 5.41) is 3.02. The molecular formula is C21H32N4O. The van der Waals surface area contributed by atoms with Gasteiger partial charge >= 0.3 is 0 Å². The Bertz CT molecular complexity index is 699. The predicted octanol–water partition coefficient (Wildman–Crippen LogP) is 3.33. The molecule has 3 heterocycles. The van der Waals surface area contributed by atoms with Crippen molar-refractivity contribution in [2.75, 3.05) is 13.1 Å². The standard InChI is InChI=1S/C21H32N4O/c1-7-16-11-15(12-22-16)18(13(2)3)14(4)25-10-8-9-17(25)19-23-20(26)21(5,6)24-19/h11,13,17-18H,4,7-10,12H2,1-3,5-6H3,(H,23,24,26). The molecule has 0 spiro atoms. The van der Waals surface area contributed by atoms with Gasteiger partial charge < -0.3 is 10.2 Å². The van der Waals surface area contributed by atoms with Gasteiger partial charge in [-0.15, -0.1) is 0 Å². The molecule has 3 aliphatic rings. The second-order valence-corrected chi connectivity index (χ2v) is 8.46. The van der Waals surface area contributed by atoms with Gasteiger partial charge in [-0.1, -0.05) is 27.4 Å². The van der Waals surface area contributed by atoms with E-state index in [1.807, 2.05) is 13.8 Å². The first-order valence-electron chi connectivity index (χ1n) is 9.85. The molecule has 0 radical (unpaired) electrons. The number of aliphatic imine (C=N–C) groups is 2. The molecule has 0 aromatic carbocycles. The van der Waals surface area contributed by atoms with E-state index in [4.69, 9.17) is 0 Å². The molecule has 5 heteroatoms. The van der Waals surface area contributed by atoms with Crippen LogP contribution < -0.4 is 5.32 Å². The quantitative estimate of drug-likeness (QED) is 0.793. The summed E-state index contributed by atoms with van der Waals surface area (Å²) in [4.78, 5) is 23.9. The molecule has 2 atom stereocenters. The van der Waals surface area contributed by atoms with Gasteiger partial charge in [0.1, 0.15) is 11.4 Å². The van der Waals surface area contributed by atoms with Crippen LogP contribution in [0.5, 0.6) is 0 Å². The number of likely N-dealkylation sites (tertiary alicyclic amines) is 1. The highest BCUT2D eigenvalue weighted by molar-refractivity contribution is 6.10. The first-order chi connectivity index (χ1) is 12.2. The largest absolute Gasteiger partial charge is 0.365 e. The molecular weight excluding hydrogens is 324 g/mol. The molecule has 3 aliphatic heterocycles. The van der Waals surface area contributed by atoms with Gasteiger partial charge in [0.15, 0.2) is 0 Å². The highest BCUT2D eigenvalue weighted by Crippen LogP contribution is 2.36. The van der Waals surface area contributed by atoms with E-state index in [9.17, 15) is 4.79 Å². The molecule has 5 nitrogen and oxygen atoms in total. The van der Waals surface area contributed by atoms with Gasteiger partial charge in [-0.2, -0.15) is 0 Å². The first kappa shape index (κ1) is 18.9.